The lowest BCUT2D eigenvalue weighted by molar-refractivity contribution is -0.268. The van der Waals surface area contributed by atoms with Gasteiger partial charge in [0, 0.05) is 23.8 Å². The van der Waals surface area contributed by atoms with Crippen molar-refractivity contribution in [1.82, 2.24) is 0 Å². The fourth-order valence-electron chi connectivity index (χ4n) is 3.69. The first-order valence-corrected chi connectivity index (χ1v) is 10.1. The van der Waals surface area contributed by atoms with Gasteiger partial charge in [-0.3, -0.25) is 4.79 Å². The van der Waals surface area contributed by atoms with Crippen molar-refractivity contribution in [3.63, 3.8) is 0 Å². The van der Waals surface area contributed by atoms with Gasteiger partial charge in [-0.15, -0.1) is 0 Å². The average Bonchev–Trinajstić information content (AvgIpc) is 2.80. The Morgan fingerprint density at radius 2 is 1.64 bits per heavy atom. The quantitative estimate of drug-likeness (QED) is 0.440. The van der Waals surface area contributed by atoms with Crippen LogP contribution in [0.2, 0.25) is 0 Å². The zero-order valence-electron chi connectivity index (χ0n) is 18.1. The topological polar surface area (TPSA) is 148 Å². The summed E-state index contributed by atoms with van der Waals surface area (Å²) in [5.74, 6) is 0.639. The highest BCUT2D eigenvalue weighted by molar-refractivity contribution is 5.86. The molecule has 4 rings (SSSR count). The molecule has 0 radical (unpaired) electrons. The van der Waals surface area contributed by atoms with Crippen LogP contribution in [0.4, 0.5) is 0 Å². The van der Waals surface area contributed by atoms with Gasteiger partial charge in [0.1, 0.15) is 46.5 Å². The maximum Gasteiger partial charge on any atom is 0.229 e. The molecule has 4 N–H and O–H groups in total. The van der Waals surface area contributed by atoms with Crippen molar-refractivity contribution < 1.29 is 43.8 Å². The van der Waals surface area contributed by atoms with E-state index in [9.17, 15) is 25.2 Å². The van der Waals surface area contributed by atoms with Crippen molar-refractivity contribution in [1.29, 1.82) is 0 Å². The molecule has 10 nitrogen and oxygen atoms in total. The number of phenols is 1. The minimum Gasteiger partial charge on any atom is -0.504 e. The molecule has 1 aliphatic rings. The Morgan fingerprint density at radius 1 is 0.909 bits per heavy atom. The van der Waals surface area contributed by atoms with Crippen LogP contribution in [0.15, 0.2) is 45.6 Å². The minimum atomic E-state index is -1.52. The lowest BCUT2D eigenvalue weighted by atomic mass is 10.00. The first kappa shape index (κ1) is 22.9. The van der Waals surface area contributed by atoms with E-state index in [0.717, 1.165) is 0 Å². The van der Waals surface area contributed by atoms with E-state index in [1.807, 2.05) is 0 Å². The second kappa shape index (κ2) is 8.91. The lowest BCUT2D eigenvalue weighted by Gasteiger charge is -2.38. The van der Waals surface area contributed by atoms with Crippen LogP contribution in [0.25, 0.3) is 22.3 Å². The Bertz CT molecular complexity index is 1220. The van der Waals surface area contributed by atoms with Gasteiger partial charge < -0.3 is 43.8 Å². The first-order chi connectivity index (χ1) is 15.7. The molecule has 2 heterocycles. The van der Waals surface area contributed by atoms with E-state index < -0.39 is 30.7 Å². The summed E-state index contributed by atoms with van der Waals surface area (Å²) in [5, 5.41) is 40.4. The molecule has 0 bridgehead atoms. The SMILES string of the molecule is COc1ccc(-c2cc(=O)c3c(OC)cc(O[C@@H]4O[C@H](C)[C@H](O)[C@@H](O)[C@H]4O)cc3o2)cc1O. The van der Waals surface area contributed by atoms with E-state index in [-0.39, 0.29) is 45.2 Å². The average molecular weight is 460 g/mol. The summed E-state index contributed by atoms with van der Waals surface area (Å²) < 4.78 is 27.4. The molecule has 0 unspecified atom stereocenters. The van der Waals surface area contributed by atoms with Crippen molar-refractivity contribution in [2.24, 2.45) is 0 Å². The maximum absolute atomic E-state index is 12.8. The number of aliphatic hydroxyl groups is 3. The molecule has 33 heavy (non-hydrogen) atoms. The third-order valence-electron chi connectivity index (χ3n) is 5.51. The Labute approximate surface area is 188 Å². The predicted octanol–water partition coefficient (Wildman–Crippen LogP) is 1.39. The zero-order chi connectivity index (χ0) is 23.9. The van der Waals surface area contributed by atoms with Gasteiger partial charge in [-0.05, 0) is 25.1 Å². The van der Waals surface area contributed by atoms with Crippen LogP contribution in [-0.2, 0) is 4.74 Å². The zero-order valence-corrected chi connectivity index (χ0v) is 18.1. The third kappa shape index (κ3) is 4.21. The van der Waals surface area contributed by atoms with E-state index in [1.165, 1.54) is 51.5 Å². The fraction of sp³-hybridized carbons (Fsp3) is 0.348. The van der Waals surface area contributed by atoms with Crippen LogP contribution in [0, 0.1) is 0 Å². The molecule has 3 aromatic rings. The van der Waals surface area contributed by atoms with Crippen LogP contribution in [-0.4, -0.2) is 65.4 Å². The second-order valence-electron chi connectivity index (χ2n) is 7.66. The lowest BCUT2D eigenvalue weighted by Crippen LogP contribution is -2.58. The van der Waals surface area contributed by atoms with Crippen molar-refractivity contribution in [2.45, 2.75) is 37.6 Å². The van der Waals surface area contributed by atoms with Gasteiger partial charge in [0.15, 0.2) is 16.9 Å². The van der Waals surface area contributed by atoms with Crippen molar-refractivity contribution in [2.75, 3.05) is 14.2 Å². The summed E-state index contributed by atoms with van der Waals surface area (Å²) in [7, 11) is 2.80. The van der Waals surface area contributed by atoms with Crippen molar-refractivity contribution >= 4 is 11.0 Å². The van der Waals surface area contributed by atoms with E-state index >= 15 is 0 Å². The third-order valence-corrected chi connectivity index (χ3v) is 5.51. The molecule has 0 amide bonds. The molecule has 0 spiro atoms. The number of fused-ring (bicyclic) bond motifs is 1. The summed E-state index contributed by atoms with van der Waals surface area (Å²) in [6, 6.07) is 8.69. The highest BCUT2D eigenvalue weighted by Gasteiger charge is 2.43. The standard InChI is InChI=1S/C23H24O10/c1-10-20(26)21(27)22(28)23(31-10)32-12-7-17(30-3)19-14(25)9-16(33-18(19)8-12)11-4-5-15(29-2)13(24)6-11/h4-10,20-24,26-28H,1-3H3/t10-,20+,21-,22-,23+/m1/s1. The minimum absolute atomic E-state index is 0.120. The van der Waals surface area contributed by atoms with Gasteiger partial charge >= 0.3 is 0 Å². The largest absolute Gasteiger partial charge is 0.504 e. The summed E-state index contributed by atoms with van der Waals surface area (Å²) in [6.07, 6.45) is -6.32. The van der Waals surface area contributed by atoms with E-state index in [0.29, 0.717) is 5.56 Å². The van der Waals surface area contributed by atoms with E-state index in [4.69, 9.17) is 23.4 Å². The second-order valence-corrected chi connectivity index (χ2v) is 7.66. The molecular formula is C23H24O10. The number of ether oxygens (including phenoxy) is 4. The number of methoxy groups -OCH3 is 2. The van der Waals surface area contributed by atoms with Gasteiger partial charge in [0.25, 0.3) is 0 Å². The first-order valence-electron chi connectivity index (χ1n) is 10.1. The van der Waals surface area contributed by atoms with Crippen LogP contribution in [0.3, 0.4) is 0 Å². The highest BCUT2D eigenvalue weighted by atomic mass is 16.7. The smallest absolute Gasteiger partial charge is 0.229 e. The molecule has 2 aromatic carbocycles. The van der Waals surface area contributed by atoms with Gasteiger partial charge in [-0.25, -0.2) is 0 Å². The van der Waals surface area contributed by atoms with Crippen LogP contribution >= 0.6 is 0 Å². The molecule has 1 fully saturated rings. The summed E-state index contributed by atoms with van der Waals surface area (Å²) in [5.41, 5.74) is 0.182. The van der Waals surface area contributed by atoms with Gasteiger partial charge in [0.2, 0.25) is 6.29 Å². The number of aliphatic hydroxyl groups excluding tert-OH is 3. The Morgan fingerprint density at radius 3 is 2.30 bits per heavy atom. The van der Waals surface area contributed by atoms with Crippen molar-refractivity contribution in [3.8, 4) is 34.3 Å². The van der Waals surface area contributed by atoms with Gasteiger partial charge in [-0.2, -0.15) is 0 Å². The van der Waals surface area contributed by atoms with Crippen LogP contribution in [0.5, 0.6) is 23.0 Å². The molecule has 176 valence electrons. The van der Waals surface area contributed by atoms with Gasteiger partial charge in [-0.1, -0.05) is 0 Å². The number of phenolic OH excluding ortho intramolecular Hbond substituents is 1. The number of rotatable bonds is 5. The highest BCUT2D eigenvalue weighted by Crippen LogP contribution is 2.35. The van der Waals surface area contributed by atoms with Crippen LogP contribution < -0.4 is 19.6 Å². The summed E-state index contributed by atoms with van der Waals surface area (Å²) in [4.78, 5) is 12.8. The molecule has 0 saturated carbocycles. The Kier molecular flexibility index (Phi) is 6.17. The van der Waals surface area contributed by atoms with E-state index in [1.54, 1.807) is 6.07 Å². The molecule has 1 saturated heterocycles. The normalized spacial score (nSPS) is 25.1. The Hall–Kier alpha value is -3.31. The molecule has 10 heteroatoms. The molecule has 1 aliphatic heterocycles. The molecule has 5 atom stereocenters. The monoisotopic (exact) mass is 460 g/mol. The number of hydrogen-bond donors (Lipinski definition) is 4. The molecule has 0 aliphatic carbocycles. The number of benzene rings is 2. The van der Waals surface area contributed by atoms with Crippen LogP contribution in [0.1, 0.15) is 6.92 Å². The number of aromatic hydroxyl groups is 1. The Balaban J connectivity index is 1.75. The predicted molar refractivity (Wildman–Crippen MR) is 116 cm³/mol. The summed E-state index contributed by atoms with van der Waals surface area (Å²) in [6.45, 7) is 1.53. The van der Waals surface area contributed by atoms with Gasteiger partial charge in [0.05, 0.1) is 20.3 Å². The summed E-state index contributed by atoms with van der Waals surface area (Å²) >= 11 is 0. The fourth-order valence-corrected chi connectivity index (χ4v) is 3.69. The number of hydrogen-bond acceptors (Lipinski definition) is 10. The molecular weight excluding hydrogens is 436 g/mol. The molecule has 1 aromatic heterocycles. The maximum atomic E-state index is 12.8. The van der Waals surface area contributed by atoms with Crippen molar-refractivity contribution in [3.05, 3.63) is 46.6 Å². The van der Waals surface area contributed by atoms with E-state index in [2.05, 4.69) is 0 Å².